The SMILES string of the molecule is Nc1ncnc2c1c(-c1cccc(OC[C@]34CC[C@H](CC3)O4)c1)cn2C1CC(N2CC3CC2CN3CCO)C1. The number of nitrogens with two attached hydrogens (primary N) is 1. The molecule has 2 atom stereocenters. The second-order valence-corrected chi connectivity index (χ2v) is 12.5. The van der Waals surface area contributed by atoms with Gasteiger partial charge >= 0.3 is 0 Å². The van der Waals surface area contributed by atoms with Crippen LogP contribution in [-0.4, -0.2) is 92.1 Å². The van der Waals surface area contributed by atoms with Crippen LogP contribution in [0, 0.1) is 0 Å². The zero-order valence-electron chi connectivity index (χ0n) is 22.4. The van der Waals surface area contributed by atoms with Crippen molar-refractivity contribution in [1.29, 1.82) is 0 Å². The van der Waals surface area contributed by atoms with E-state index in [2.05, 4.69) is 43.7 Å². The molecule has 0 spiro atoms. The van der Waals surface area contributed by atoms with E-state index in [-0.39, 0.29) is 12.2 Å². The molecule has 39 heavy (non-hydrogen) atoms. The second-order valence-electron chi connectivity index (χ2n) is 12.5. The Hall–Kier alpha value is -2.72. The lowest BCUT2D eigenvalue weighted by molar-refractivity contribution is -0.0198. The Morgan fingerprint density at radius 3 is 2.64 bits per heavy atom. The molecule has 5 fully saturated rings. The van der Waals surface area contributed by atoms with Crippen molar-refractivity contribution in [3.63, 3.8) is 0 Å². The topological polar surface area (TPSA) is 102 Å². The highest BCUT2D eigenvalue weighted by Gasteiger charge is 2.49. The molecule has 0 radical (unpaired) electrons. The van der Waals surface area contributed by atoms with Gasteiger partial charge in [-0.3, -0.25) is 9.80 Å². The van der Waals surface area contributed by atoms with E-state index in [0.717, 1.165) is 86.1 Å². The van der Waals surface area contributed by atoms with Crippen molar-refractivity contribution >= 4 is 16.9 Å². The fourth-order valence-corrected chi connectivity index (χ4v) is 8.15. The molecule has 4 saturated heterocycles. The number of nitrogen functional groups attached to an aromatic ring is 1. The Morgan fingerprint density at radius 1 is 1.05 bits per heavy atom. The molecule has 8 rings (SSSR count). The zero-order valence-corrected chi connectivity index (χ0v) is 22.4. The molecule has 2 unspecified atom stereocenters. The number of fused-ring (bicyclic) bond motifs is 5. The van der Waals surface area contributed by atoms with E-state index in [9.17, 15) is 5.11 Å². The zero-order chi connectivity index (χ0) is 26.1. The van der Waals surface area contributed by atoms with Gasteiger partial charge in [-0.15, -0.1) is 0 Å². The van der Waals surface area contributed by atoms with Crippen LogP contribution in [0.15, 0.2) is 36.8 Å². The molecule has 3 N–H and O–H groups in total. The van der Waals surface area contributed by atoms with E-state index in [1.54, 1.807) is 6.33 Å². The minimum Gasteiger partial charge on any atom is -0.491 e. The molecule has 6 heterocycles. The van der Waals surface area contributed by atoms with Gasteiger partial charge in [-0.05, 0) is 62.6 Å². The van der Waals surface area contributed by atoms with Gasteiger partial charge in [0, 0.05) is 55.6 Å². The number of aromatic nitrogens is 3. The first-order valence-electron chi connectivity index (χ1n) is 14.7. The molecular weight excluding hydrogens is 492 g/mol. The monoisotopic (exact) mass is 530 g/mol. The molecule has 206 valence electrons. The molecule has 2 aromatic heterocycles. The lowest BCUT2D eigenvalue weighted by Gasteiger charge is -2.46. The Morgan fingerprint density at radius 2 is 1.90 bits per heavy atom. The van der Waals surface area contributed by atoms with Gasteiger partial charge in [-0.2, -0.15) is 0 Å². The van der Waals surface area contributed by atoms with Crippen LogP contribution < -0.4 is 10.5 Å². The van der Waals surface area contributed by atoms with Crippen molar-refractivity contribution in [1.82, 2.24) is 24.3 Å². The third-order valence-electron chi connectivity index (χ3n) is 10.3. The summed E-state index contributed by atoms with van der Waals surface area (Å²) in [7, 11) is 0. The number of aliphatic hydroxyl groups is 1. The van der Waals surface area contributed by atoms with Crippen molar-refractivity contribution in [2.24, 2.45) is 0 Å². The van der Waals surface area contributed by atoms with Gasteiger partial charge < -0.3 is 24.9 Å². The summed E-state index contributed by atoms with van der Waals surface area (Å²) < 4.78 is 14.9. The van der Waals surface area contributed by atoms with Crippen LogP contribution in [0.3, 0.4) is 0 Å². The molecule has 1 aliphatic carbocycles. The molecule has 9 nitrogen and oxygen atoms in total. The number of β-amino-alcohol motifs (C(OH)–C–C–N with tert-alkyl or cyclic N) is 1. The van der Waals surface area contributed by atoms with Gasteiger partial charge in [0.15, 0.2) is 0 Å². The summed E-state index contributed by atoms with van der Waals surface area (Å²) in [6.07, 6.45) is 12.3. The van der Waals surface area contributed by atoms with Crippen LogP contribution in [0.4, 0.5) is 5.82 Å². The van der Waals surface area contributed by atoms with E-state index < -0.39 is 0 Å². The first kappa shape index (κ1) is 24.1. The number of ether oxygens (including phenoxy) is 2. The van der Waals surface area contributed by atoms with Crippen LogP contribution in [0.1, 0.15) is 51.0 Å². The van der Waals surface area contributed by atoms with Crippen molar-refractivity contribution in [3.05, 3.63) is 36.8 Å². The summed E-state index contributed by atoms with van der Waals surface area (Å²) in [5.41, 5.74) is 9.41. The minimum absolute atomic E-state index is 0.0955. The van der Waals surface area contributed by atoms with Gasteiger partial charge in [0.25, 0.3) is 0 Å². The van der Waals surface area contributed by atoms with Crippen LogP contribution in [0.5, 0.6) is 5.75 Å². The van der Waals surface area contributed by atoms with Crippen molar-refractivity contribution in [3.8, 4) is 16.9 Å². The summed E-state index contributed by atoms with van der Waals surface area (Å²) in [4.78, 5) is 14.2. The number of piperazine rings is 1. The molecule has 4 aliphatic heterocycles. The lowest BCUT2D eigenvalue weighted by Crippen LogP contribution is -2.54. The van der Waals surface area contributed by atoms with Crippen molar-refractivity contribution in [2.75, 3.05) is 38.6 Å². The Balaban J connectivity index is 1.02. The number of rotatable bonds is 8. The Bertz CT molecular complexity index is 1380. The highest BCUT2D eigenvalue weighted by atomic mass is 16.6. The standard InChI is InChI=1S/C30H38N6O3/c31-28-27-26(19-2-1-3-25(10-19)38-17-30-6-4-24(39-30)5-7-30)16-36(29(27)33-18-32-28)21-11-20(12-21)35-15-22-13-23(35)14-34(22)8-9-37/h1-3,10,16,18,20-24,37H,4-9,11-15,17H2,(H2,31,32,33)/t20?,21?,22?,23?,24-,30+. The smallest absolute Gasteiger partial charge is 0.146 e. The van der Waals surface area contributed by atoms with Crippen molar-refractivity contribution in [2.45, 2.75) is 80.8 Å². The molecule has 4 bridgehead atoms. The third kappa shape index (κ3) is 3.96. The maximum Gasteiger partial charge on any atom is 0.146 e. The number of nitrogens with zero attached hydrogens (tertiary/aromatic N) is 5. The number of anilines is 1. The highest BCUT2D eigenvalue weighted by molar-refractivity contribution is 6.00. The number of likely N-dealkylation sites (tertiary alicyclic amines) is 2. The fourth-order valence-electron chi connectivity index (χ4n) is 8.15. The fraction of sp³-hybridized carbons (Fsp3) is 0.600. The average molecular weight is 531 g/mol. The van der Waals surface area contributed by atoms with E-state index in [4.69, 9.17) is 20.2 Å². The Labute approximate surface area is 228 Å². The molecule has 0 amide bonds. The molecule has 3 aromatic rings. The van der Waals surface area contributed by atoms with Crippen LogP contribution in [-0.2, 0) is 4.74 Å². The van der Waals surface area contributed by atoms with Crippen molar-refractivity contribution < 1.29 is 14.6 Å². The highest BCUT2D eigenvalue weighted by Crippen LogP contribution is 2.46. The van der Waals surface area contributed by atoms with Gasteiger partial charge in [0.1, 0.15) is 35.7 Å². The predicted molar refractivity (Wildman–Crippen MR) is 149 cm³/mol. The normalized spacial score (nSPS) is 33.8. The summed E-state index contributed by atoms with van der Waals surface area (Å²) in [6, 6.07) is 10.6. The van der Waals surface area contributed by atoms with Crippen LogP contribution >= 0.6 is 0 Å². The van der Waals surface area contributed by atoms with E-state index in [1.807, 2.05) is 6.07 Å². The number of hydrogen-bond donors (Lipinski definition) is 2. The van der Waals surface area contributed by atoms with Crippen LogP contribution in [0.25, 0.3) is 22.2 Å². The molecule has 1 aromatic carbocycles. The quantitative estimate of drug-likeness (QED) is 0.458. The summed E-state index contributed by atoms with van der Waals surface area (Å²) >= 11 is 0. The largest absolute Gasteiger partial charge is 0.491 e. The Kier molecular flexibility index (Phi) is 5.66. The number of aliphatic hydroxyl groups excluding tert-OH is 1. The first-order valence-corrected chi connectivity index (χ1v) is 14.7. The first-order chi connectivity index (χ1) is 19.1. The van der Waals surface area contributed by atoms with E-state index in [0.29, 0.717) is 42.7 Å². The van der Waals surface area contributed by atoms with E-state index in [1.165, 1.54) is 6.42 Å². The summed E-state index contributed by atoms with van der Waals surface area (Å²) in [5.74, 6) is 1.38. The van der Waals surface area contributed by atoms with E-state index >= 15 is 0 Å². The summed E-state index contributed by atoms with van der Waals surface area (Å²) in [5, 5.41) is 10.3. The molecule has 1 saturated carbocycles. The maximum atomic E-state index is 9.36. The molecule has 9 heteroatoms. The minimum atomic E-state index is -0.0955. The van der Waals surface area contributed by atoms with Crippen LogP contribution in [0.2, 0.25) is 0 Å². The van der Waals surface area contributed by atoms with Gasteiger partial charge in [0.2, 0.25) is 0 Å². The maximum absolute atomic E-state index is 9.36. The van der Waals surface area contributed by atoms with Gasteiger partial charge in [-0.25, -0.2) is 9.97 Å². The van der Waals surface area contributed by atoms with Gasteiger partial charge in [0.05, 0.1) is 18.1 Å². The third-order valence-corrected chi connectivity index (χ3v) is 10.3. The average Bonchev–Trinajstić information content (AvgIpc) is 3.74. The molecular formula is C30H38N6O3. The second kappa shape index (κ2) is 9.16. The molecule has 5 aliphatic rings. The lowest BCUT2D eigenvalue weighted by atomic mass is 9.84. The predicted octanol–water partition coefficient (Wildman–Crippen LogP) is 3.23. The summed E-state index contributed by atoms with van der Waals surface area (Å²) in [6.45, 7) is 3.91. The number of benzene rings is 1. The number of hydrogen-bond acceptors (Lipinski definition) is 8. The van der Waals surface area contributed by atoms with Gasteiger partial charge in [-0.1, -0.05) is 12.1 Å².